The van der Waals surface area contributed by atoms with E-state index in [1.165, 1.54) is 0 Å². The third kappa shape index (κ3) is 5.05. The Labute approximate surface area is 107 Å². The summed E-state index contributed by atoms with van der Waals surface area (Å²) < 4.78 is 5.21. The molecule has 1 rings (SSSR count). The Balaban J connectivity index is 2.53. The van der Waals surface area contributed by atoms with Gasteiger partial charge in [-0.3, -0.25) is 4.79 Å². The summed E-state index contributed by atoms with van der Waals surface area (Å²) in [5.74, 6) is -0.278. The average molecular weight is 253 g/mol. The molecule has 0 aliphatic carbocycles. The van der Waals surface area contributed by atoms with Crippen molar-refractivity contribution in [3.63, 3.8) is 0 Å². The molecule has 1 aromatic rings. The van der Waals surface area contributed by atoms with Crippen LogP contribution in [0.4, 0.5) is 0 Å². The van der Waals surface area contributed by atoms with E-state index < -0.39 is 0 Å². The van der Waals surface area contributed by atoms with Gasteiger partial charge in [-0.1, -0.05) is 43.7 Å². The van der Waals surface area contributed by atoms with Gasteiger partial charge < -0.3 is 4.74 Å². The third-order valence-electron chi connectivity index (χ3n) is 2.20. The molecule has 2 nitrogen and oxygen atoms in total. The number of hydrogen-bond acceptors (Lipinski definition) is 2. The van der Waals surface area contributed by atoms with Gasteiger partial charge in [0.15, 0.2) is 0 Å². The van der Waals surface area contributed by atoms with Crippen LogP contribution in [-0.2, 0) is 9.53 Å². The molecule has 0 aliphatic heterocycles. The Morgan fingerprint density at radius 2 is 1.82 bits per heavy atom. The van der Waals surface area contributed by atoms with Crippen LogP contribution >= 0.6 is 11.6 Å². The fourth-order valence-electron chi connectivity index (χ4n) is 1.18. The predicted octanol–water partition coefficient (Wildman–Crippen LogP) is 3.94. The summed E-state index contributed by atoms with van der Waals surface area (Å²) >= 11 is 5.78. The zero-order valence-corrected chi connectivity index (χ0v) is 11.1. The van der Waals surface area contributed by atoms with Crippen LogP contribution in [0.25, 0.3) is 6.08 Å². The van der Waals surface area contributed by atoms with Crippen LogP contribution in [0.5, 0.6) is 0 Å². The van der Waals surface area contributed by atoms with Gasteiger partial charge in [0.2, 0.25) is 0 Å². The molecule has 1 aromatic carbocycles. The number of carbonyl (C=O) groups excluding carboxylic acids is 1. The molecule has 0 radical (unpaired) electrons. The molecule has 92 valence electrons. The molecule has 0 N–H and O–H groups in total. The summed E-state index contributed by atoms with van der Waals surface area (Å²) in [6.07, 6.45) is 3.54. The van der Waals surface area contributed by atoms with Crippen molar-refractivity contribution in [3.05, 3.63) is 40.9 Å². The molecular formula is C14H17ClO2. The first-order chi connectivity index (χ1) is 7.99. The first-order valence-electron chi connectivity index (χ1n) is 5.63. The van der Waals surface area contributed by atoms with Gasteiger partial charge in [0, 0.05) is 5.02 Å². The highest BCUT2D eigenvalue weighted by atomic mass is 35.5. The van der Waals surface area contributed by atoms with E-state index in [4.69, 9.17) is 16.3 Å². The van der Waals surface area contributed by atoms with Crippen molar-refractivity contribution in [2.75, 3.05) is 0 Å². The predicted molar refractivity (Wildman–Crippen MR) is 70.9 cm³/mol. The van der Waals surface area contributed by atoms with E-state index in [0.29, 0.717) is 5.02 Å². The Hall–Kier alpha value is -1.28. The molecule has 0 spiro atoms. The third-order valence-corrected chi connectivity index (χ3v) is 2.46. The minimum Gasteiger partial charge on any atom is -0.458 e. The minimum absolute atomic E-state index is 0.0959. The van der Waals surface area contributed by atoms with E-state index in [1.54, 1.807) is 0 Å². The zero-order chi connectivity index (χ0) is 12.8. The number of rotatable bonds is 4. The van der Waals surface area contributed by atoms with Crippen molar-refractivity contribution in [1.29, 1.82) is 0 Å². The summed E-state index contributed by atoms with van der Waals surface area (Å²) in [7, 11) is 0. The fraction of sp³-hybridized carbons (Fsp3) is 0.357. The maximum atomic E-state index is 11.3. The Morgan fingerprint density at radius 1 is 1.24 bits per heavy atom. The lowest BCUT2D eigenvalue weighted by atomic mass is 10.2. The SMILES string of the molecule is CC(/C=C/c1ccc(Cl)cc1)OC(=O)C(C)C. The van der Waals surface area contributed by atoms with E-state index >= 15 is 0 Å². The van der Waals surface area contributed by atoms with Crippen molar-refractivity contribution in [2.24, 2.45) is 5.92 Å². The van der Waals surface area contributed by atoms with Gasteiger partial charge >= 0.3 is 5.97 Å². The van der Waals surface area contributed by atoms with E-state index in [9.17, 15) is 4.79 Å². The van der Waals surface area contributed by atoms with Gasteiger partial charge in [-0.05, 0) is 30.7 Å². The van der Waals surface area contributed by atoms with E-state index in [1.807, 2.05) is 57.2 Å². The summed E-state index contributed by atoms with van der Waals surface area (Å²) in [4.78, 5) is 11.3. The second-order valence-corrected chi connectivity index (χ2v) is 4.64. The first kappa shape index (κ1) is 13.8. The van der Waals surface area contributed by atoms with Crippen LogP contribution in [0.15, 0.2) is 30.3 Å². The number of benzene rings is 1. The number of hydrogen-bond donors (Lipinski definition) is 0. The molecule has 0 saturated heterocycles. The molecule has 3 heteroatoms. The van der Waals surface area contributed by atoms with Crippen molar-refractivity contribution in [2.45, 2.75) is 26.9 Å². The molecule has 0 fully saturated rings. The van der Waals surface area contributed by atoms with Crippen molar-refractivity contribution >= 4 is 23.6 Å². The van der Waals surface area contributed by atoms with Gasteiger partial charge in [-0.2, -0.15) is 0 Å². The number of ether oxygens (including phenoxy) is 1. The standard InChI is InChI=1S/C14H17ClO2/c1-10(2)14(16)17-11(3)4-5-12-6-8-13(15)9-7-12/h4-11H,1-3H3/b5-4+. The van der Waals surface area contributed by atoms with E-state index in [2.05, 4.69) is 0 Å². The molecule has 1 unspecified atom stereocenters. The zero-order valence-electron chi connectivity index (χ0n) is 10.3. The lowest BCUT2D eigenvalue weighted by Crippen LogP contribution is -2.17. The monoisotopic (exact) mass is 252 g/mol. The molecular weight excluding hydrogens is 236 g/mol. The van der Waals surface area contributed by atoms with Crippen LogP contribution in [0.2, 0.25) is 5.02 Å². The second-order valence-electron chi connectivity index (χ2n) is 4.21. The maximum absolute atomic E-state index is 11.3. The van der Waals surface area contributed by atoms with Crippen LogP contribution in [0, 0.1) is 5.92 Å². The quantitative estimate of drug-likeness (QED) is 0.759. The molecule has 0 aromatic heterocycles. The highest BCUT2D eigenvalue weighted by Crippen LogP contribution is 2.11. The van der Waals surface area contributed by atoms with Crippen molar-refractivity contribution in [3.8, 4) is 0 Å². The van der Waals surface area contributed by atoms with Gasteiger partial charge in [-0.15, -0.1) is 0 Å². The lowest BCUT2D eigenvalue weighted by molar-refractivity contribution is -0.149. The minimum atomic E-state index is -0.222. The smallest absolute Gasteiger partial charge is 0.308 e. The van der Waals surface area contributed by atoms with Gasteiger partial charge in [0.05, 0.1) is 5.92 Å². The average Bonchev–Trinajstić information content (AvgIpc) is 2.28. The highest BCUT2D eigenvalue weighted by Gasteiger charge is 2.10. The van der Waals surface area contributed by atoms with Crippen LogP contribution < -0.4 is 0 Å². The molecule has 0 saturated carbocycles. The molecule has 1 atom stereocenters. The highest BCUT2D eigenvalue weighted by molar-refractivity contribution is 6.30. The number of halogens is 1. The largest absolute Gasteiger partial charge is 0.458 e. The van der Waals surface area contributed by atoms with Crippen molar-refractivity contribution < 1.29 is 9.53 Å². The summed E-state index contributed by atoms with van der Waals surface area (Å²) in [5.41, 5.74) is 1.03. The topological polar surface area (TPSA) is 26.3 Å². The second kappa shape index (κ2) is 6.45. The number of carbonyl (C=O) groups is 1. The molecule has 17 heavy (non-hydrogen) atoms. The number of esters is 1. The fourth-order valence-corrected chi connectivity index (χ4v) is 1.31. The first-order valence-corrected chi connectivity index (χ1v) is 6.01. The van der Waals surface area contributed by atoms with Gasteiger partial charge in [0.25, 0.3) is 0 Å². The van der Waals surface area contributed by atoms with Crippen LogP contribution in [0.1, 0.15) is 26.3 Å². The normalized spacial score (nSPS) is 13.0. The van der Waals surface area contributed by atoms with Crippen molar-refractivity contribution in [1.82, 2.24) is 0 Å². The maximum Gasteiger partial charge on any atom is 0.308 e. The van der Waals surface area contributed by atoms with Gasteiger partial charge in [0.1, 0.15) is 6.10 Å². The Morgan fingerprint density at radius 3 is 2.35 bits per heavy atom. The van der Waals surface area contributed by atoms with Gasteiger partial charge in [-0.25, -0.2) is 0 Å². The summed E-state index contributed by atoms with van der Waals surface area (Å²) in [6, 6.07) is 7.48. The Bertz CT molecular complexity index is 393. The molecule has 0 aliphatic rings. The van der Waals surface area contributed by atoms with E-state index in [0.717, 1.165) is 5.56 Å². The lowest BCUT2D eigenvalue weighted by Gasteiger charge is -2.10. The summed E-state index contributed by atoms with van der Waals surface area (Å²) in [5, 5.41) is 0.710. The summed E-state index contributed by atoms with van der Waals surface area (Å²) in [6.45, 7) is 5.47. The molecule has 0 amide bonds. The van der Waals surface area contributed by atoms with Crippen LogP contribution in [-0.4, -0.2) is 12.1 Å². The van der Waals surface area contributed by atoms with E-state index in [-0.39, 0.29) is 18.0 Å². The Kier molecular flexibility index (Phi) is 5.23. The molecule has 0 heterocycles. The van der Waals surface area contributed by atoms with Crippen LogP contribution in [0.3, 0.4) is 0 Å². The molecule has 0 bridgehead atoms.